The number of aryl methyl sites for hydroxylation is 1. The SMILES string of the molecule is Cc1cccc(-n2ccnc2SC(C)C(=O)N2CCCC2)c1. The molecule has 0 N–H and O–H groups in total. The molecule has 1 aliphatic heterocycles. The van der Waals surface area contributed by atoms with Gasteiger partial charge in [0, 0.05) is 31.2 Å². The fourth-order valence-corrected chi connectivity index (χ4v) is 3.72. The number of benzene rings is 1. The molecule has 2 aromatic rings. The lowest BCUT2D eigenvalue weighted by Gasteiger charge is -2.20. The van der Waals surface area contributed by atoms with E-state index < -0.39 is 0 Å². The van der Waals surface area contributed by atoms with Gasteiger partial charge < -0.3 is 4.90 Å². The Hall–Kier alpha value is -1.75. The Morgan fingerprint density at radius 3 is 2.82 bits per heavy atom. The topological polar surface area (TPSA) is 38.1 Å². The number of hydrogen-bond donors (Lipinski definition) is 0. The molecular formula is C17H21N3OS. The Morgan fingerprint density at radius 2 is 2.09 bits per heavy atom. The first-order valence-corrected chi connectivity index (χ1v) is 8.59. The van der Waals surface area contributed by atoms with Crippen molar-refractivity contribution in [2.24, 2.45) is 0 Å². The molecule has 3 rings (SSSR count). The van der Waals surface area contributed by atoms with E-state index >= 15 is 0 Å². The van der Waals surface area contributed by atoms with Crippen LogP contribution >= 0.6 is 11.8 Å². The van der Waals surface area contributed by atoms with Gasteiger partial charge in [0.25, 0.3) is 0 Å². The van der Waals surface area contributed by atoms with Crippen LogP contribution in [0.15, 0.2) is 41.8 Å². The van der Waals surface area contributed by atoms with Gasteiger partial charge in [-0.25, -0.2) is 4.98 Å². The summed E-state index contributed by atoms with van der Waals surface area (Å²) in [5, 5.41) is 0.759. The summed E-state index contributed by atoms with van der Waals surface area (Å²) in [5.41, 5.74) is 2.30. The average molecular weight is 315 g/mol. The standard InChI is InChI=1S/C17H21N3OS/c1-13-6-5-7-15(12-13)20-11-8-18-17(20)22-14(2)16(21)19-9-3-4-10-19/h5-8,11-12,14H,3-4,9-10H2,1-2H3. The molecule has 1 fully saturated rings. The highest BCUT2D eigenvalue weighted by molar-refractivity contribution is 8.00. The van der Waals surface area contributed by atoms with Gasteiger partial charge in [0.1, 0.15) is 0 Å². The van der Waals surface area contributed by atoms with Crippen LogP contribution in [0.2, 0.25) is 0 Å². The Labute approximate surface area is 135 Å². The Bertz CT molecular complexity index is 661. The summed E-state index contributed by atoms with van der Waals surface area (Å²) in [7, 11) is 0. The van der Waals surface area contributed by atoms with Crippen LogP contribution in [0.5, 0.6) is 0 Å². The largest absolute Gasteiger partial charge is 0.342 e. The molecule has 116 valence electrons. The van der Waals surface area contributed by atoms with Crippen LogP contribution in [-0.2, 0) is 4.79 Å². The van der Waals surface area contributed by atoms with Crippen LogP contribution in [0.1, 0.15) is 25.3 Å². The first-order valence-electron chi connectivity index (χ1n) is 7.71. The van der Waals surface area contributed by atoms with Crippen molar-refractivity contribution in [3.8, 4) is 5.69 Å². The van der Waals surface area contributed by atoms with Crippen LogP contribution in [0.4, 0.5) is 0 Å². The maximum atomic E-state index is 12.4. The minimum atomic E-state index is -0.107. The van der Waals surface area contributed by atoms with Crippen molar-refractivity contribution in [3.63, 3.8) is 0 Å². The fraction of sp³-hybridized carbons (Fsp3) is 0.412. The van der Waals surface area contributed by atoms with Gasteiger partial charge in [-0.15, -0.1) is 0 Å². The summed E-state index contributed by atoms with van der Waals surface area (Å²) in [4.78, 5) is 18.8. The third-order valence-electron chi connectivity index (χ3n) is 3.93. The van der Waals surface area contributed by atoms with Crippen molar-refractivity contribution < 1.29 is 4.79 Å². The number of rotatable bonds is 4. The highest BCUT2D eigenvalue weighted by atomic mass is 32.2. The van der Waals surface area contributed by atoms with Crippen molar-refractivity contribution in [3.05, 3.63) is 42.2 Å². The van der Waals surface area contributed by atoms with Crippen molar-refractivity contribution in [1.82, 2.24) is 14.5 Å². The summed E-state index contributed by atoms with van der Waals surface area (Å²) in [5.74, 6) is 0.223. The van der Waals surface area contributed by atoms with E-state index in [0.717, 1.165) is 36.8 Å². The highest BCUT2D eigenvalue weighted by Gasteiger charge is 2.25. The number of nitrogens with zero attached hydrogens (tertiary/aromatic N) is 3. The van der Waals surface area contributed by atoms with E-state index in [2.05, 4.69) is 30.1 Å². The molecule has 1 aromatic heterocycles. The Balaban J connectivity index is 1.76. The molecule has 0 bridgehead atoms. The Morgan fingerprint density at radius 1 is 1.32 bits per heavy atom. The first-order chi connectivity index (χ1) is 10.6. The maximum absolute atomic E-state index is 12.4. The minimum Gasteiger partial charge on any atom is -0.342 e. The van der Waals surface area contributed by atoms with E-state index in [-0.39, 0.29) is 11.2 Å². The number of imidazole rings is 1. The molecule has 0 saturated carbocycles. The predicted octanol–water partition coefficient (Wildman–Crippen LogP) is 3.28. The zero-order valence-electron chi connectivity index (χ0n) is 13.0. The van der Waals surface area contributed by atoms with E-state index in [9.17, 15) is 4.79 Å². The van der Waals surface area contributed by atoms with Crippen molar-refractivity contribution in [2.45, 2.75) is 37.1 Å². The lowest BCUT2D eigenvalue weighted by molar-refractivity contribution is -0.129. The molecular weight excluding hydrogens is 294 g/mol. The average Bonchev–Trinajstić information content (AvgIpc) is 3.18. The van der Waals surface area contributed by atoms with Crippen LogP contribution in [0.25, 0.3) is 5.69 Å². The zero-order chi connectivity index (χ0) is 15.5. The van der Waals surface area contributed by atoms with Gasteiger partial charge in [0.05, 0.1) is 5.25 Å². The highest BCUT2D eigenvalue weighted by Crippen LogP contribution is 2.26. The lowest BCUT2D eigenvalue weighted by Crippen LogP contribution is -2.34. The summed E-state index contributed by atoms with van der Waals surface area (Å²) in [6.45, 7) is 5.85. The second-order valence-corrected chi connectivity index (χ2v) is 7.02. The zero-order valence-corrected chi connectivity index (χ0v) is 13.8. The molecule has 1 aromatic carbocycles. The maximum Gasteiger partial charge on any atom is 0.235 e. The first kappa shape index (κ1) is 15.2. The van der Waals surface area contributed by atoms with E-state index in [0.29, 0.717) is 0 Å². The molecule has 1 saturated heterocycles. The summed E-state index contributed by atoms with van der Waals surface area (Å²) in [6, 6.07) is 8.30. The molecule has 1 unspecified atom stereocenters. The number of amides is 1. The quantitative estimate of drug-likeness (QED) is 0.813. The predicted molar refractivity (Wildman–Crippen MR) is 89.4 cm³/mol. The normalized spacial score (nSPS) is 16.0. The summed E-state index contributed by atoms with van der Waals surface area (Å²) >= 11 is 1.53. The minimum absolute atomic E-state index is 0.107. The number of carbonyl (C=O) groups excluding carboxylic acids is 1. The molecule has 22 heavy (non-hydrogen) atoms. The van der Waals surface area contributed by atoms with Gasteiger partial charge in [0.2, 0.25) is 5.91 Å². The van der Waals surface area contributed by atoms with E-state index in [1.165, 1.54) is 17.3 Å². The van der Waals surface area contributed by atoms with E-state index in [4.69, 9.17) is 0 Å². The molecule has 2 heterocycles. The number of aromatic nitrogens is 2. The van der Waals surface area contributed by atoms with Crippen molar-refractivity contribution in [2.75, 3.05) is 13.1 Å². The second kappa shape index (κ2) is 6.57. The van der Waals surface area contributed by atoms with Gasteiger partial charge in [-0.1, -0.05) is 23.9 Å². The van der Waals surface area contributed by atoms with Gasteiger partial charge in [-0.2, -0.15) is 0 Å². The third-order valence-corrected chi connectivity index (χ3v) is 5.00. The lowest BCUT2D eigenvalue weighted by atomic mass is 10.2. The smallest absolute Gasteiger partial charge is 0.235 e. The van der Waals surface area contributed by atoms with Crippen LogP contribution in [0, 0.1) is 6.92 Å². The van der Waals surface area contributed by atoms with Crippen molar-refractivity contribution >= 4 is 17.7 Å². The molecule has 5 heteroatoms. The number of thioether (sulfide) groups is 1. The van der Waals surface area contributed by atoms with Gasteiger partial charge in [-0.3, -0.25) is 9.36 Å². The molecule has 4 nitrogen and oxygen atoms in total. The number of hydrogen-bond acceptors (Lipinski definition) is 3. The van der Waals surface area contributed by atoms with Crippen molar-refractivity contribution in [1.29, 1.82) is 0 Å². The molecule has 1 amide bonds. The summed E-state index contributed by atoms with van der Waals surface area (Å²) in [6.07, 6.45) is 5.99. The molecule has 1 atom stereocenters. The number of carbonyl (C=O) groups is 1. The monoisotopic (exact) mass is 315 g/mol. The van der Waals surface area contributed by atoms with Crippen LogP contribution in [0.3, 0.4) is 0 Å². The van der Waals surface area contributed by atoms with Crippen LogP contribution in [-0.4, -0.2) is 38.7 Å². The van der Waals surface area contributed by atoms with Gasteiger partial charge in [0.15, 0.2) is 5.16 Å². The Kier molecular flexibility index (Phi) is 4.52. The third kappa shape index (κ3) is 3.19. The second-order valence-electron chi connectivity index (χ2n) is 5.71. The molecule has 0 spiro atoms. The molecule has 0 aliphatic carbocycles. The molecule has 1 aliphatic rings. The molecule has 0 radical (unpaired) electrons. The van der Waals surface area contributed by atoms with Crippen LogP contribution < -0.4 is 0 Å². The van der Waals surface area contributed by atoms with E-state index in [1.807, 2.05) is 28.7 Å². The van der Waals surface area contributed by atoms with E-state index in [1.54, 1.807) is 6.20 Å². The fourth-order valence-electron chi connectivity index (χ4n) is 2.75. The number of likely N-dealkylation sites (tertiary alicyclic amines) is 1. The van der Waals surface area contributed by atoms with Gasteiger partial charge in [-0.05, 0) is 44.4 Å². The van der Waals surface area contributed by atoms with Gasteiger partial charge >= 0.3 is 0 Å². The summed E-state index contributed by atoms with van der Waals surface area (Å²) < 4.78 is 2.05.